The molecule has 0 aliphatic carbocycles. The number of hydrogen-bond acceptors (Lipinski definition) is 6. The van der Waals surface area contributed by atoms with E-state index >= 15 is 0 Å². The summed E-state index contributed by atoms with van der Waals surface area (Å²) in [6.45, 7) is 3.00. The third-order valence-corrected chi connectivity index (χ3v) is 3.15. The number of aliphatic hydroxyl groups is 1. The molecule has 1 amide bonds. The van der Waals surface area contributed by atoms with Gasteiger partial charge >= 0.3 is 5.97 Å². The number of carbonyl (C=O) groups is 2. The average Bonchev–Trinajstić information content (AvgIpc) is 2.64. The number of ether oxygens (including phenoxy) is 1. The Morgan fingerprint density at radius 3 is 2.59 bits per heavy atom. The van der Waals surface area contributed by atoms with Crippen molar-refractivity contribution in [1.82, 2.24) is 10.3 Å². The highest BCUT2D eigenvalue weighted by Crippen LogP contribution is 2.16. The third-order valence-electron chi connectivity index (χ3n) is 2.08. The van der Waals surface area contributed by atoms with Crippen molar-refractivity contribution in [2.45, 2.75) is 19.9 Å². The summed E-state index contributed by atoms with van der Waals surface area (Å²) in [5.74, 6) is -1.11. The molecule has 94 valence electrons. The number of aliphatic hydroxyl groups excluding tert-OH is 1. The highest BCUT2D eigenvalue weighted by molar-refractivity contribution is 7.13. The quantitative estimate of drug-likeness (QED) is 0.743. The number of nitrogens with one attached hydrogen (secondary N) is 1. The summed E-state index contributed by atoms with van der Waals surface area (Å²) in [7, 11) is 1.19. The van der Waals surface area contributed by atoms with E-state index in [9.17, 15) is 9.59 Å². The van der Waals surface area contributed by atoms with Crippen LogP contribution < -0.4 is 5.32 Å². The number of aromatic nitrogens is 1. The van der Waals surface area contributed by atoms with Gasteiger partial charge in [0.05, 0.1) is 24.4 Å². The molecule has 17 heavy (non-hydrogen) atoms. The lowest BCUT2D eigenvalue weighted by molar-refractivity contribution is -0.143. The highest BCUT2D eigenvalue weighted by Gasteiger charge is 2.23. The van der Waals surface area contributed by atoms with E-state index in [2.05, 4.69) is 15.0 Å². The Bertz CT molecular complexity index is 430. The van der Waals surface area contributed by atoms with Crippen LogP contribution in [0.25, 0.3) is 0 Å². The summed E-state index contributed by atoms with van der Waals surface area (Å²) in [4.78, 5) is 27.5. The lowest BCUT2D eigenvalue weighted by Crippen LogP contribution is -2.44. The van der Waals surface area contributed by atoms with Crippen LogP contribution in [0.15, 0.2) is 0 Å². The van der Waals surface area contributed by atoms with Crippen LogP contribution in [0.5, 0.6) is 0 Å². The Balaban J connectivity index is 2.78. The minimum atomic E-state index is -1.05. The molecular formula is C10H14N2O4S. The molecule has 1 aromatic rings. The van der Waals surface area contributed by atoms with Crippen molar-refractivity contribution in [1.29, 1.82) is 0 Å². The Morgan fingerprint density at radius 2 is 2.18 bits per heavy atom. The summed E-state index contributed by atoms with van der Waals surface area (Å²) in [5, 5.41) is 12.1. The van der Waals surface area contributed by atoms with Crippen molar-refractivity contribution in [3.8, 4) is 0 Å². The van der Waals surface area contributed by atoms with Crippen LogP contribution in [0.3, 0.4) is 0 Å². The summed E-state index contributed by atoms with van der Waals surface area (Å²) in [6.07, 6.45) is 0. The van der Waals surface area contributed by atoms with Gasteiger partial charge in [-0.2, -0.15) is 0 Å². The van der Waals surface area contributed by atoms with Crippen molar-refractivity contribution in [3.05, 3.63) is 15.6 Å². The molecular weight excluding hydrogens is 244 g/mol. The fraction of sp³-hybridized carbons (Fsp3) is 0.500. The molecule has 2 N–H and O–H groups in total. The van der Waals surface area contributed by atoms with E-state index < -0.39 is 24.5 Å². The van der Waals surface area contributed by atoms with Gasteiger partial charge in [0, 0.05) is 0 Å². The Morgan fingerprint density at radius 1 is 1.53 bits per heavy atom. The van der Waals surface area contributed by atoms with Crippen LogP contribution in [0.4, 0.5) is 0 Å². The lowest BCUT2D eigenvalue weighted by Gasteiger charge is -2.13. The number of amides is 1. The smallest absolute Gasteiger partial charge is 0.330 e. The summed E-state index contributed by atoms with van der Waals surface area (Å²) < 4.78 is 4.45. The fourth-order valence-corrected chi connectivity index (χ4v) is 2.11. The molecule has 0 fully saturated rings. The number of esters is 1. The van der Waals surface area contributed by atoms with Gasteiger partial charge in [-0.05, 0) is 13.8 Å². The van der Waals surface area contributed by atoms with E-state index in [1.165, 1.54) is 18.4 Å². The third kappa shape index (κ3) is 3.24. The molecule has 0 saturated carbocycles. The van der Waals surface area contributed by atoms with E-state index in [0.29, 0.717) is 10.6 Å². The molecule has 1 heterocycles. The minimum Gasteiger partial charge on any atom is -0.467 e. The Labute approximate surface area is 103 Å². The second-order valence-electron chi connectivity index (χ2n) is 3.38. The zero-order valence-electron chi connectivity index (χ0n) is 9.81. The largest absolute Gasteiger partial charge is 0.467 e. The molecule has 0 radical (unpaired) electrons. The maximum Gasteiger partial charge on any atom is 0.330 e. The van der Waals surface area contributed by atoms with Crippen LogP contribution in [0.2, 0.25) is 0 Å². The molecule has 0 aliphatic heterocycles. The van der Waals surface area contributed by atoms with Gasteiger partial charge in [-0.15, -0.1) is 11.3 Å². The van der Waals surface area contributed by atoms with Gasteiger partial charge in [0.25, 0.3) is 5.91 Å². The molecule has 1 aromatic heterocycles. The zero-order valence-corrected chi connectivity index (χ0v) is 10.6. The number of methoxy groups -OCH3 is 1. The molecule has 1 unspecified atom stereocenters. The van der Waals surface area contributed by atoms with Gasteiger partial charge in [0.15, 0.2) is 6.04 Å². The minimum absolute atomic E-state index is 0.433. The van der Waals surface area contributed by atoms with E-state index in [-0.39, 0.29) is 0 Å². The van der Waals surface area contributed by atoms with E-state index in [1.54, 1.807) is 13.8 Å². The van der Waals surface area contributed by atoms with Crippen LogP contribution in [0.1, 0.15) is 20.4 Å². The van der Waals surface area contributed by atoms with Gasteiger partial charge in [0.2, 0.25) is 0 Å². The van der Waals surface area contributed by atoms with Gasteiger partial charge in [-0.3, -0.25) is 4.79 Å². The van der Waals surface area contributed by atoms with Crippen molar-refractivity contribution >= 4 is 23.2 Å². The van der Waals surface area contributed by atoms with Crippen LogP contribution >= 0.6 is 11.3 Å². The molecule has 0 bridgehead atoms. The van der Waals surface area contributed by atoms with Gasteiger partial charge in [-0.25, -0.2) is 9.78 Å². The molecule has 0 aliphatic rings. The first kappa shape index (κ1) is 13.6. The second kappa shape index (κ2) is 5.74. The number of hydrogen-bond donors (Lipinski definition) is 2. The second-order valence-corrected chi connectivity index (χ2v) is 4.58. The SMILES string of the molecule is COC(=O)C(CO)NC(=O)c1sc(C)nc1C. The van der Waals surface area contributed by atoms with Crippen LogP contribution in [-0.4, -0.2) is 41.7 Å². The molecule has 1 atom stereocenters. The van der Waals surface area contributed by atoms with Gasteiger partial charge < -0.3 is 15.2 Å². The lowest BCUT2D eigenvalue weighted by atomic mass is 10.3. The molecule has 7 heteroatoms. The van der Waals surface area contributed by atoms with Gasteiger partial charge in [-0.1, -0.05) is 0 Å². The van der Waals surface area contributed by atoms with Gasteiger partial charge in [0.1, 0.15) is 4.88 Å². The highest BCUT2D eigenvalue weighted by atomic mass is 32.1. The zero-order chi connectivity index (χ0) is 13.0. The maximum absolute atomic E-state index is 11.8. The van der Waals surface area contributed by atoms with E-state index in [1.807, 2.05) is 0 Å². The van der Waals surface area contributed by atoms with Crippen molar-refractivity contribution in [3.63, 3.8) is 0 Å². The molecule has 0 aromatic carbocycles. The number of thiazole rings is 1. The standard InChI is InChI=1S/C10H14N2O4S/c1-5-8(17-6(2)11-5)9(14)12-7(4-13)10(15)16-3/h7,13H,4H2,1-3H3,(H,12,14). The number of carbonyl (C=O) groups excluding carboxylic acids is 2. The first-order valence-electron chi connectivity index (χ1n) is 4.93. The van der Waals surface area contributed by atoms with Crippen molar-refractivity contribution in [2.75, 3.05) is 13.7 Å². The summed E-state index contributed by atoms with van der Waals surface area (Å²) in [5.41, 5.74) is 0.603. The van der Waals surface area contributed by atoms with Crippen LogP contribution in [-0.2, 0) is 9.53 Å². The molecule has 1 rings (SSSR count). The van der Waals surface area contributed by atoms with Crippen LogP contribution in [0, 0.1) is 13.8 Å². The van der Waals surface area contributed by atoms with Crippen molar-refractivity contribution in [2.24, 2.45) is 0 Å². The predicted molar refractivity (Wildman–Crippen MR) is 61.9 cm³/mol. The number of nitrogens with zero attached hydrogens (tertiary/aromatic N) is 1. The fourth-order valence-electron chi connectivity index (χ4n) is 1.29. The molecule has 6 nitrogen and oxygen atoms in total. The number of rotatable bonds is 4. The maximum atomic E-state index is 11.8. The summed E-state index contributed by atoms with van der Waals surface area (Å²) in [6, 6.07) is -1.05. The monoisotopic (exact) mass is 258 g/mol. The number of aryl methyl sites for hydroxylation is 2. The average molecular weight is 258 g/mol. The Hall–Kier alpha value is -1.47. The molecule has 0 saturated heterocycles. The first-order chi connectivity index (χ1) is 7.99. The normalized spacial score (nSPS) is 12.0. The summed E-state index contributed by atoms with van der Waals surface area (Å²) >= 11 is 1.24. The topological polar surface area (TPSA) is 88.5 Å². The molecule has 0 spiro atoms. The van der Waals surface area contributed by atoms with Crippen molar-refractivity contribution < 1.29 is 19.4 Å². The Kier molecular flexibility index (Phi) is 4.59. The van der Waals surface area contributed by atoms with E-state index in [0.717, 1.165) is 5.01 Å². The predicted octanol–water partition coefficient (Wildman–Crippen LogP) is 0.0236. The van der Waals surface area contributed by atoms with E-state index in [4.69, 9.17) is 5.11 Å². The first-order valence-corrected chi connectivity index (χ1v) is 5.74.